The van der Waals surface area contributed by atoms with E-state index in [4.69, 9.17) is 16.3 Å². The average molecular weight is 466 g/mol. The summed E-state index contributed by atoms with van der Waals surface area (Å²) >= 11 is 7.97. The number of hydrogen-bond donors (Lipinski definition) is 0. The molecule has 1 atom stereocenters. The summed E-state index contributed by atoms with van der Waals surface area (Å²) in [6.45, 7) is 8.76. The lowest BCUT2D eigenvalue weighted by Gasteiger charge is -2.33. The van der Waals surface area contributed by atoms with E-state index in [2.05, 4.69) is 16.9 Å². The number of piperazine rings is 1. The minimum absolute atomic E-state index is 0.111. The highest BCUT2D eigenvalue weighted by atomic mass is 35.5. The monoisotopic (exact) mass is 465 g/mol. The van der Waals surface area contributed by atoms with E-state index >= 15 is 0 Å². The van der Waals surface area contributed by atoms with Crippen molar-refractivity contribution in [2.45, 2.75) is 43.4 Å². The van der Waals surface area contributed by atoms with E-state index in [1.165, 1.54) is 0 Å². The van der Waals surface area contributed by atoms with Crippen LogP contribution >= 0.6 is 23.4 Å². The lowest BCUT2D eigenvalue weighted by Crippen LogP contribution is -2.49. The number of thioether (sulfide) groups is 1. The number of fused-ring (bicyclic) bond motifs is 3. The van der Waals surface area contributed by atoms with Gasteiger partial charge >= 0.3 is 11.8 Å². The van der Waals surface area contributed by atoms with Crippen molar-refractivity contribution in [3.63, 3.8) is 0 Å². The van der Waals surface area contributed by atoms with Crippen LogP contribution in [0.5, 0.6) is 0 Å². The van der Waals surface area contributed by atoms with Crippen molar-refractivity contribution in [3.8, 4) is 5.69 Å². The topological polar surface area (TPSA) is 72.6 Å². The van der Waals surface area contributed by atoms with Crippen molar-refractivity contribution in [1.82, 2.24) is 24.1 Å². The third kappa shape index (κ3) is 4.94. The Balaban J connectivity index is 1.40. The van der Waals surface area contributed by atoms with Gasteiger partial charge in [0.2, 0.25) is 0 Å². The summed E-state index contributed by atoms with van der Waals surface area (Å²) in [6.07, 6.45) is 1.32. The van der Waals surface area contributed by atoms with Gasteiger partial charge in [-0.15, -0.1) is 11.8 Å². The fraction of sp³-hybridized carbons (Fsp3) is 0.571. The van der Waals surface area contributed by atoms with Crippen molar-refractivity contribution < 1.29 is 9.53 Å². The summed E-state index contributed by atoms with van der Waals surface area (Å²) in [5.74, 6) is 0.786. The van der Waals surface area contributed by atoms with E-state index < -0.39 is 0 Å². The zero-order chi connectivity index (χ0) is 22.0. The molecule has 1 aromatic carbocycles. The van der Waals surface area contributed by atoms with Gasteiger partial charge in [0.1, 0.15) is 5.82 Å². The van der Waals surface area contributed by atoms with Crippen molar-refractivity contribution in [2.75, 3.05) is 39.3 Å². The largest absolute Gasteiger partial charge is 0.450 e. The van der Waals surface area contributed by atoms with Gasteiger partial charge in [0, 0.05) is 60.9 Å². The second-order valence-corrected chi connectivity index (χ2v) is 9.80. The Hall–Kier alpha value is -1.97. The van der Waals surface area contributed by atoms with Crippen molar-refractivity contribution in [3.05, 3.63) is 39.5 Å². The summed E-state index contributed by atoms with van der Waals surface area (Å²) in [6, 6.07) is 5.69. The van der Waals surface area contributed by atoms with E-state index in [0.717, 1.165) is 48.9 Å². The van der Waals surface area contributed by atoms with Gasteiger partial charge in [0.15, 0.2) is 0 Å². The standard InChI is InChI=1S/C21H28ClN5O3S/c1-3-30-21(29)25-11-9-24(10-12-25)7-4-8-26-20(28)27-17-14-16(22)5-6-18(17)31-15(2)13-19(27)23-26/h5-6,14-15H,3-4,7-13H2,1-2H3. The maximum atomic E-state index is 13.1. The first-order valence-corrected chi connectivity index (χ1v) is 12.0. The highest BCUT2D eigenvalue weighted by molar-refractivity contribution is 8.00. The van der Waals surface area contributed by atoms with Crippen LogP contribution in [0.1, 0.15) is 26.1 Å². The number of nitrogens with zero attached hydrogens (tertiary/aromatic N) is 5. The number of aryl methyl sites for hydroxylation is 1. The first-order valence-electron chi connectivity index (χ1n) is 10.8. The maximum absolute atomic E-state index is 13.1. The number of amides is 1. The predicted octanol–water partition coefficient (Wildman–Crippen LogP) is 2.89. The molecule has 2 aliphatic heterocycles. The highest BCUT2D eigenvalue weighted by Crippen LogP contribution is 2.35. The van der Waals surface area contributed by atoms with E-state index in [1.807, 2.05) is 25.1 Å². The van der Waals surface area contributed by atoms with Gasteiger partial charge in [-0.3, -0.25) is 4.90 Å². The van der Waals surface area contributed by atoms with Crippen molar-refractivity contribution >= 4 is 29.5 Å². The molecule has 1 saturated heterocycles. The molecule has 8 nitrogen and oxygen atoms in total. The number of ether oxygens (including phenoxy) is 1. The molecule has 1 amide bonds. The molecule has 2 aliphatic rings. The summed E-state index contributed by atoms with van der Waals surface area (Å²) in [4.78, 5) is 30.1. The molecule has 31 heavy (non-hydrogen) atoms. The molecule has 168 valence electrons. The average Bonchev–Trinajstić information content (AvgIpc) is 2.96. The van der Waals surface area contributed by atoms with Crippen LogP contribution in [-0.4, -0.2) is 74.8 Å². The zero-order valence-electron chi connectivity index (χ0n) is 17.9. The van der Waals surface area contributed by atoms with Gasteiger partial charge in [-0.25, -0.2) is 18.8 Å². The Bertz CT molecular complexity index is 999. The van der Waals surface area contributed by atoms with Gasteiger partial charge in [0.25, 0.3) is 0 Å². The number of benzene rings is 1. The molecule has 4 rings (SSSR count). The highest BCUT2D eigenvalue weighted by Gasteiger charge is 2.25. The predicted molar refractivity (Wildman–Crippen MR) is 122 cm³/mol. The summed E-state index contributed by atoms with van der Waals surface area (Å²) in [5, 5.41) is 5.59. The molecule has 1 unspecified atom stereocenters. The molecular weight excluding hydrogens is 438 g/mol. The zero-order valence-corrected chi connectivity index (χ0v) is 19.5. The summed E-state index contributed by atoms with van der Waals surface area (Å²) in [7, 11) is 0. The van der Waals surface area contributed by atoms with Crippen LogP contribution < -0.4 is 5.69 Å². The molecule has 0 radical (unpaired) electrons. The van der Waals surface area contributed by atoms with Crippen LogP contribution in [0.4, 0.5) is 4.79 Å². The second kappa shape index (κ2) is 9.67. The fourth-order valence-electron chi connectivity index (χ4n) is 4.07. The molecule has 1 fully saturated rings. The smallest absolute Gasteiger partial charge is 0.409 e. The second-order valence-electron chi connectivity index (χ2n) is 7.88. The minimum Gasteiger partial charge on any atom is -0.450 e. The van der Waals surface area contributed by atoms with E-state index in [-0.39, 0.29) is 11.8 Å². The molecule has 10 heteroatoms. The quantitative estimate of drug-likeness (QED) is 0.676. The van der Waals surface area contributed by atoms with Crippen molar-refractivity contribution in [2.24, 2.45) is 0 Å². The first kappa shape index (κ1) is 22.2. The lowest BCUT2D eigenvalue weighted by molar-refractivity contribution is 0.0790. The van der Waals surface area contributed by atoms with Crippen LogP contribution in [0.2, 0.25) is 5.02 Å². The third-order valence-corrected chi connectivity index (χ3v) is 7.01. The van der Waals surface area contributed by atoms with Crippen LogP contribution in [0.25, 0.3) is 5.69 Å². The van der Waals surface area contributed by atoms with Crippen LogP contribution in [0.3, 0.4) is 0 Å². The third-order valence-electron chi connectivity index (χ3n) is 5.61. The van der Waals surface area contributed by atoms with E-state index in [9.17, 15) is 9.59 Å². The minimum atomic E-state index is -0.235. The van der Waals surface area contributed by atoms with Gasteiger partial charge in [-0.2, -0.15) is 5.10 Å². The van der Waals surface area contributed by atoms with Crippen LogP contribution in [-0.2, 0) is 17.7 Å². The molecule has 0 saturated carbocycles. The number of halogens is 1. The van der Waals surface area contributed by atoms with Gasteiger partial charge in [-0.1, -0.05) is 18.5 Å². The number of aromatic nitrogens is 3. The van der Waals surface area contributed by atoms with Gasteiger partial charge in [-0.05, 0) is 31.5 Å². The van der Waals surface area contributed by atoms with Crippen LogP contribution in [0.15, 0.2) is 27.9 Å². The lowest BCUT2D eigenvalue weighted by atomic mass is 10.3. The Labute approximate surface area is 191 Å². The van der Waals surface area contributed by atoms with E-state index in [1.54, 1.807) is 25.9 Å². The molecule has 0 spiro atoms. The summed E-state index contributed by atoms with van der Waals surface area (Å²) < 4.78 is 8.37. The number of hydrogen-bond acceptors (Lipinski definition) is 6. The molecule has 0 bridgehead atoms. The van der Waals surface area contributed by atoms with Gasteiger partial charge in [0.05, 0.1) is 12.3 Å². The first-order chi connectivity index (χ1) is 15.0. The molecular formula is C21H28ClN5O3S. The normalized spacial score (nSPS) is 18.9. The Kier molecular flexibility index (Phi) is 6.93. The van der Waals surface area contributed by atoms with Crippen molar-refractivity contribution in [1.29, 1.82) is 0 Å². The number of rotatable bonds is 5. The molecule has 0 N–H and O–H groups in total. The number of carbonyl (C=O) groups excluding carboxylic acids is 1. The summed E-state index contributed by atoms with van der Waals surface area (Å²) in [5.41, 5.74) is 0.712. The Morgan fingerprint density at radius 3 is 2.77 bits per heavy atom. The SMILES string of the molecule is CCOC(=O)N1CCN(CCCn2nc3n(c2=O)-c2cc(Cl)ccc2SC(C)C3)CC1. The maximum Gasteiger partial charge on any atom is 0.409 e. The van der Waals surface area contributed by atoms with Gasteiger partial charge < -0.3 is 9.64 Å². The molecule has 1 aromatic heterocycles. The Morgan fingerprint density at radius 1 is 1.26 bits per heavy atom. The Morgan fingerprint density at radius 2 is 2.03 bits per heavy atom. The molecule has 0 aliphatic carbocycles. The fourth-order valence-corrected chi connectivity index (χ4v) is 5.32. The number of carbonyl (C=O) groups is 1. The molecule has 2 aromatic rings. The molecule has 3 heterocycles. The van der Waals surface area contributed by atoms with Crippen LogP contribution in [0, 0.1) is 0 Å². The van der Waals surface area contributed by atoms with E-state index in [0.29, 0.717) is 36.5 Å².